The number of anilines is 1. The van der Waals surface area contributed by atoms with Crippen LogP contribution in [0.1, 0.15) is 30.1 Å². The Bertz CT molecular complexity index is 415. The van der Waals surface area contributed by atoms with Crippen LogP contribution in [0.4, 0.5) is 10.1 Å². The van der Waals surface area contributed by atoms with Gasteiger partial charge in [-0.15, -0.1) is 6.58 Å². The summed E-state index contributed by atoms with van der Waals surface area (Å²) in [5, 5.41) is 0. The lowest BCUT2D eigenvalue weighted by Gasteiger charge is -2.22. The van der Waals surface area contributed by atoms with Crippen molar-refractivity contribution in [2.45, 2.75) is 19.8 Å². The van der Waals surface area contributed by atoms with E-state index in [1.165, 1.54) is 13.0 Å². The second-order valence-electron chi connectivity index (χ2n) is 4.04. The molecule has 0 saturated heterocycles. The number of unbranched alkanes of at least 4 members (excludes halogenated alkanes) is 1. The molecular formula is C14H18FNO. The summed E-state index contributed by atoms with van der Waals surface area (Å²) in [5.74, 6) is -0.464. The maximum Gasteiger partial charge on any atom is 0.161 e. The number of halogens is 1. The van der Waals surface area contributed by atoms with E-state index >= 15 is 0 Å². The first-order valence-corrected chi connectivity index (χ1v) is 5.69. The van der Waals surface area contributed by atoms with E-state index < -0.39 is 0 Å². The van der Waals surface area contributed by atoms with Gasteiger partial charge in [0.05, 0.1) is 5.69 Å². The van der Waals surface area contributed by atoms with Crippen LogP contribution in [-0.2, 0) is 0 Å². The summed E-state index contributed by atoms with van der Waals surface area (Å²) in [7, 11) is 1.80. The molecule has 0 aliphatic heterocycles. The smallest absolute Gasteiger partial charge is 0.161 e. The average molecular weight is 235 g/mol. The molecule has 0 amide bonds. The number of allylic oxidation sites excluding steroid dienone is 1. The number of carbonyl (C=O) groups is 1. The van der Waals surface area contributed by atoms with Crippen molar-refractivity contribution in [2.75, 3.05) is 18.5 Å². The van der Waals surface area contributed by atoms with Crippen molar-refractivity contribution in [1.82, 2.24) is 0 Å². The molecule has 1 aromatic rings. The Hall–Kier alpha value is -1.64. The van der Waals surface area contributed by atoms with Gasteiger partial charge in [0.25, 0.3) is 0 Å². The number of ketones is 1. The zero-order chi connectivity index (χ0) is 12.8. The van der Waals surface area contributed by atoms with Crippen LogP contribution in [0.3, 0.4) is 0 Å². The number of carbonyl (C=O) groups excluding carboxylic acids is 1. The molecular weight excluding hydrogens is 217 g/mol. The third kappa shape index (κ3) is 3.41. The Morgan fingerprint density at radius 3 is 2.82 bits per heavy atom. The lowest BCUT2D eigenvalue weighted by atomic mass is 10.1. The minimum absolute atomic E-state index is 0.116. The predicted octanol–water partition coefficient (Wildman–Crippen LogP) is 3.43. The molecule has 17 heavy (non-hydrogen) atoms. The lowest BCUT2D eigenvalue weighted by molar-refractivity contribution is 0.101. The molecule has 0 radical (unpaired) electrons. The summed E-state index contributed by atoms with van der Waals surface area (Å²) in [6.45, 7) is 5.80. The number of benzene rings is 1. The molecule has 92 valence electrons. The van der Waals surface area contributed by atoms with E-state index in [0.717, 1.165) is 12.8 Å². The van der Waals surface area contributed by atoms with E-state index in [1.807, 2.05) is 6.08 Å². The van der Waals surface area contributed by atoms with Crippen LogP contribution < -0.4 is 4.90 Å². The van der Waals surface area contributed by atoms with Crippen molar-refractivity contribution in [3.8, 4) is 0 Å². The fraction of sp³-hybridized carbons (Fsp3) is 0.357. The van der Waals surface area contributed by atoms with Crippen LogP contribution >= 0.6 is 0 Å². The third-order valence-electron chi connectivity index (χ3n) is 2.65. The van der Waals surface area contributed by atoms with Crippen molar-refractivity contribution >= 4 is 11.5 Å². The molecule has 1 aromatic carbocycles. The second-order valence-corrected chi connectivity index (χ2v) is 4.04. The van der Waals surface area contributed by atoms with Crippen molar-refractivity contribution in [1.29, 1.82) is 0 Å². The van der Waals surface area contributed by atoms with E-state index in [1.54, 1.807) is 24.1 Å². The molecule has 1 rings (SSSR count). The molecule has 0 heterocycles. The minimum atomic E-state index is -0.348. The Kier molecular flexibility index (Phi) is 4.88. The molecule has 3 heteroatoms. The van der Waals surface area contributed by atoms with Gasteiger partial charge in [0, 0.05) is 19.2 Å². The number of para-hydroxylation sites is 1. The summed E-state index contributed by atoms with van der Waals surface area (Å²) >= 11 is 0. The molecule has 0 aromatic heterocycles. The summed E-state index contributed by atoms with van der Waals surface area (Å²) in [4.78, 5) is 13.2. The van der Waals surface area contributed by atoms with Gasteiger partial charge < -0.3 is 4.90 Å². The Balaban J connectivity index is 2.94. The highest BCUT2D eigenvalue weighted by Crippen LogP contribution is 2.24. The minimum Gasteiger partial charge on any atom is -0.372 e. The van der Waals surface area contributed by atoms with Gasteiger partial charge >= 0.3 is 0 Å². The van der Waals surface area contributed by atoms with Crippen molar-refractivity contribution < 1.29 is 9.18 Å². The standard InChI is InChI=1S/C14H18FNO/c1-4-5-6-10-16(3)14-12(11(2)17)8-7-9-13(14)15/h4,7-9H,1,5-6,10H2,2-3H3. The fourth-order valence-electron chi connectivity index (χ4n) is 1.77. The van der Waals surface area contributed by atoms with Gasteiger partial charge in [-0.25, -0.2) is 4.39 Å². The average Bonchev–Trinajstić information content (AvgIpc) is 2.28. The van der Waals surface area contributed by atoms with Crippen LogP contribution in [-0.4, -0.2) is 19.4 Å². The van der Waals surface area contributed by atoms with Gasteiger partial charge in [0.1, 0.15) is 5.82 Å². The highest BCUT2D eigenvalue weighted by molar-refractivity contribution is 5.99. The van der Waals surface area contributed by atoms with E-state index in [4.69, 9.17) is 0 Å². The first-order valence-electron chi connectivity index (χ1n) is 5.69. The van der Waals surface area contributed by atoms with Crippen LogP contribution in [0, 0.1) is 5.82 Å². The zero-order valence-electron chi connectivity index (χ0n) is 10.4. The largest absolute Gasteiger partial charge is 0.372 e. The summed E-state index contributed by atoms with van der Waals surface area (Å²) in [6, 6.07) is 4.60. The molecule has 0 unspecified atom stereocenters. The number of Topliss-reactive ketones (excluding diaryl/α,β-unsaturated/α-hetero) is 1. The summed E-state index contributed by atoms with van der Waals surface area (Å²) < 4.78 is 13.8. The highest BCUT2D eigenvalue weighted by Gasteiger charge is 2.15. The van der Waals surface area contributed by atoms with Crippen LogP contribution in [0.15, 0.2) is 30.9 Å². The second kappa shape index (κ2) is 6.18. The molecule has 0 N–H and O–H groups in total. The van der Waals surface area contributed by atoms with Gasteiger partial charge in [-0.2, -0.15) is 0 Å². The maximum absolute atomic E-state index is 13.8. The number of nitrogens with zero attached hydrogens (tertiary/aromatic N) is 1. The monoisotopic (exact) mass is 235 g/mol. The first-order chi connectivity index (χ1) is 8.07. The van der Waals surface area contributed by atoms with E-state index in [2.05, 4.69) is 6.58 Å². The Morgan fingerprint density at radius 1 is 1.53 bits per heavy atom. The fourth-order valence-corrected chi connectivity index (χ4v) is 1.77. The van der Waals surface area contributed by atoms with E-state index in [-0.39, 0.29) is 11.6 Å². The van der Waals surface area contributed by atoms with Gasteiger partial charge in [0.15, 0.2) is 5.78 Å². The zero-order valence-corrected chi connectivity index (χ0v) is 10.4. The van der Waals surface area contributed by atoms with Crippen molar-refractivity contribution in [3.05, 3.63) is 42.2 Å². The van der Waals surface area contributed by atoms with Crippen LogP contribution in [0.25, 0.3) is 0 Å². The highest BCUT2D eigenvalue weighted by atomic mass is 19.1. The summed E-state index contributed by atoms with van der Waals surface area (Å²) in [6.07, 6.45) is 3.61. The first kappa shape index (κ1) is 13.4. The molecule has 0 atom stereocenters. The molecule has 2 nitrogen and oxygen atoms in total. The quantitative estimate of drug-likeness (QED) is 0.428. The number of hydrogen-bond acceptors (Lipinski definition) is 2. The van der Waals surface area contributed by atoms with E-state index in [0.29, 0.717) is 17.8 Å². The normalized spacial score (nSPS) is 10.1. The molecule has 0 aliphatic carbocycles. The Morgan fingerprint density at radius 2 is 2.24 bits per heavy atom. The summed E-state index contributed by atoms with van der Waals surface area (Å²) in [5.41, 5.74) is 0.829. The number of rotatable bonds is 6. The molecule has 0 spiro atoms. The van der Waals surface area contributed by atoms with Crippen molar-refractivity contribution in [3.63, 3.8) is 0 Å². The third-order valence-corrected chi connectivity index (χ3v) is 2.65. The Labute approximate surface area is 102 Å². The molecule has 0 fully saturated rings. The molecule has 0 aliphatic rings. The van der Waals surface area contributed by atoms with Crippen LogP contribution in [0.5, 0.6) is 0 Å². The van der Waals surface area contributed by atoms with Gasteiger partial charge in [-0.1, -0.05) is 12.1 Å². The van der Waals surface area contributed by atoms with Crippen LogP contribution in [0.2, 0.25) is 0 Å². The van der Waals surface area contributed by atoms with Gasteiger partial charge in [-0.05, 0) is 31.9 Å². The van der Waals surface area contributed by atoms with Gasteiger partial charge in [-0.3, -0.25) is 4.79 Å². The predicted molar refractivity (Wildman–Crippen MR) is 69.1 cm³/mol. The molecule has 0 saturated carbocycles. The van der Waals surface area contributed by atoms with Gasteiger partial charge in [0.2, 0.25) is 0 Å². The SMILES string of the molecule is C=CCCCN(C)c1c(F)cccc1C(C)=O. The van der Waals surface area contributed by atoms with Crippen molar-refractivity contribution in [2.24, 2.45) is 0 Å². The molecule has 0 bridgehead atoms. The topological polar surface area (TPSA) is 20.3 Å². The maximum atomic E-state index is 13.8. The van der Waals surface area contributed by atoms with E-state index in [9.17, 15) is 9.18 Å². The number of hydrogen-bond donors (Lipinski definition) is 0. The lowest BCUT2D eigenvalue weighted by Crippen LogP contribution is -2.22.